The fourth-order valence-corrected chi connectivity index (χ4v) is 1.94. The molecule has 1 aromatic heterocycles. The average Bonchev–Trinajstić information content (AvgIpc) is 2.07. The summed E-state index contributed by atoms with van der Waals surface area (Å²) in [5.41, 5.74) is 5.69. The van der Waals surface area contributed by atoms with Crippen LogP contribution in [0.3, 0.4) is 0 Å². The van der Waals surface area contributed by atoms with Crippen molar-refractivity contribution in [1.29, 1.82) is 0 Å². The summed E-state index contributed by atoms with van der Waals surface area (Å²) in [6.45, 7) is 0. The Labute approximate surface area is 74.9 Å². The number of halogens is 1. The minimum atomic E-state index is 0.764. The second kappa shape index (κ2) is 2.77. The molecule has 2 N–H and O–H groups in total. The molecule has 1 rings (SSSR count). The van der Waals surface area contributed by atoms with Crippen molar-refractivity contribution in [2.75, 3.05) is 24.7 Å². The van der Waals surface area contributed by atoms with E-state index in [2.05, 4.69) is 15.9 Å². The molecule has 0 fully saturated rings. The van der Waals surface area contributed by atoms with E-state index < -0.39 is 0 Å². The predicted molar refractivity (Wildman–Crippen MR) is 51.9 cm³/mol. The smallest absolute Gasteiger partial charge is 0.123 e. The Hall–Kier alpha value is -0.640. The van der Waals surface area contributed by atoms with Gasteiger partial charge in [0.1, 0.15) is 11.6 Å². The lowest BCUT2D eigenvalue weighted by atomic mass is 10.6. The maximum absolute atomic E-state index is 5.69. The van der Waals surface area contributed by atoms with E-state index >= 15 is 0 Å². The summed E-state index contributed by atoms with van der Waals surface area (Å²) in [4.78, 5) is 2.01. The second-order valence-electron chi connectivity index (χ2n) is 2.69. The van der Waals surface area contributed by atoms with Crippen LogP contribution < -0.4 is 10.6 Å². The lowest BCUT2D eigenvalue weighted by Gasteiger charge is -2.14. The van der Waals surface area contributed by atoms with E-state index in [0.29, 0.717) is 0 Å². The van der Waals surface area contributed by atoms with Crippen molar-refractivity contribution in [2.45, 2.75) is 0 Å². The van der Waals surface area contributed by atoms with Gasteiger partial charge in [0.15, 0.2) is 0 Å². The highest BCUT2D eigenvalue weighted by molar-refractivity contribution is 9.10. The van der Waals surface area contributed by atoms with E-state index in [1.807, 2.05) is 36.7 Å². The quantitative estimate of drug-likeness (QED) is 0.773. The molecule has 3 nitrogen and oxygen atoms in total. The van der Waals surface area contributed by atoms with Crippen molar-refractivity contribution in [1.82, 2.24) is 4.57 Å². The Morgan fingerprint density at radius 3 is 2.27 bits per heavy atom. The molecule has 4 heteroatoms. The highest BCUT2D eigenvalue weighted by Gasteiger charge is 2.09. The SMILES string of the molecule is CN(C)c1c(Br)cc(N)n1C. The maximum atomic E-state index is 5.69. The number of nitrogens with zero attached hydrogens (tertiary/aromatic N) is 2. The number of anilines is 2. The first kappa shape index (κ1) is 8.46. The molecule has 1 heterocycles. The normalized spacial score (nSPS) is 10.2. The third kappa shape index (κ3) is 1.35. The minimum Gasteiger partial charge on any atom is -0.385 e. The van der Waals surface area contributed by atoms with Crippen LogP contribution in [0.5, 0.6) is 0 Å². The highest BCUT2D eigenvalue weighted by Crippen LogP contribution is 2.28. The van der Waals surface area contributed by atoms with Crippen molar-refractivity contribution in [3.63, 3.8) is 0 Å². The molecule has 0 bridgehead atoms. The fraction of sp³-hybridized carbons (Fsp3) is 0.429. The Kier molecular flexibility index (Phi) is 2.13. The lowest BCUT2D eigenvalue weighted by Crippen LogP contribution is -2.13. The zero-order valence-electron chi connectivity index (χ0n) is 6.93. The van der Waals surface area contributed by atoms with Gasteiger partial charge in [-0.1, -0.05) is 0 Å². The average molecular weight is 218 g/mol. The standard InChI is InChI=1S/C7H12BrN3/c1-10(2)7-5(8)4-6(9)11(7)3/h4H,9H2,1-3H3. The molecular weight excluding hydrogens is 206 g/mol. The summed E-state index contributed by atoms with van der Waals surface area (Å²) in [6, 6.07) is 1.90. The van der Waals surface area contributed by atoms with Crippen LogP contribution in [-0.2, 0) is 7.05 Å². The molecule has 0 spiro atoms. The maximum Gasteiger partial charge on any atom is 0.123 e. The number of hydrogen-bond donors (Lipinski definition) is 1. The summed E-state index contributed by atoms with van der Waals surface area (Å²) in [5.74, 6) is 1.85. The van der Waals surface area contributed by atoms with E-state index in [1.165, 1.54) is 0 Å². The van der Waals surface area contributed by atoms with Gasteiger partial charge in [-0.25, -0.2) is 0 Å². The highest BCUT2D eigenvalue weighted by atomic mass is 79.9. The van der Waals surface area contributed by atoms with Gasteiger partial charge in [-0.3, -0.25) is 0 Å². The topological polar surface area (TPSA) is 34.2 Å². The lowest BCUT2D eigenvalue weighted by molar-refractivity contribution is 0.894. The zero-order chi connectivity index (χ0) is 8.59. The Morgan fingerprint density at radius 2 is 2.09 bits per heavy atom. The number of nitrogens with two attached hydrogens (primary N) is 1. The van der Waals surface area contributed by atoms with E-state index in [4.69, 9.17) is 5.73 Å². The number of nitrogen functional groups attached to an aromatic ring is 1. The molecule has 0 aliphatic carbocycles. The first-order chi connectivity index (χ1) is 5.04. The molecule has 0 unspecified atom stereocenters. The monoisotopic (exact) mass is 217 g/mol. The van der Waals surface area contributed by atoms with Crippen LogP contribution in [0.25, 0.3) is 0 Å². The van der Waals surface area contributed by atoms with Crippen molar-refractivity contribution in [2.24, 2.45) is 7.05 Å². The Balaban J connectivity index is 3.22. The van der Waals surface area contributed by atoms with Crippen molar-refractivity contribution in [3.05, 3.63) is 10.5 Å². The van der Waals surface area contributed by atoms with Crippen molar-refractivity contribution >= 4 is 27.6 Å². The third-order valence-corrected chi connectivity index (χ3v) is 2.20. The second-order valence-corrected chi connectivity index (χ2v) is 3.55. The summed E-state index contributed by atoms with van der Waals surface area (Å²) < 4.78 is 2.96. The first-order valence-corrected chi connectivity index (χ1v) is 4.11. The summed E-state index contributed by atoms with van der Waals surface area (Å²) >= 11 is 3.43. The van der Waals surface area contributed by atoms with Crippen LogP contribution in [0.1, 0.15) is 0 Å². The van der Waals surface area contributed by atoms with Gasteiger partial charge >= 0.3 is 0 Å². The summed E-state index contributed by atoms with van der Waals surface area (Å²) in [5, 5.41) is 0. The summed E-state index contributed by atoms with van der Waals surface area (Å²) in [7, 11) is 5.91. The molecule has 0 aliphatic rings. The Bertz CT molecular complexity index is 265. The molecule has 0 aliphatic heterocycles. The molecule has 0 aromatic carbocycles. The largest absolute Gasteiger partial charge is 0.385 e. The van der Waals surface area contributed by atoms with Crippen LogP contribution >= 0.6 is 15.9 Å². The molecule has 0 amide bonds. The molecule has 0 atom stereocenters. The van der Waals surface area contributed by atoms with Gasteiger partial charge < -0.3 is 15.2 Å². The number of hydrogen-bond acceptors (Lipinski definition) is 2. The predicted octanol–water partition coefficient (Wildman–Crippen LogP) is 1.44. The van der Waals surface area contributed by atoms with Gasteiger partial charge in [0.25, 0.3) is 0 Å². The van der Waals surface area contributed by atoms with Gasteiger partial charge in [0.2, 0.25) is 0 Å². The van der Waals surface area contributed by atoms with Crippen LogP contribution in [-0.4, -0.2) is 18.7 Å². The van der Waals surface area contributed by atoms with Gasteiger partial charge in [-0.15, -0.1) is 0 Å². The van der Waals surface area contributed by atoms with Gasteiger partial charge in [-0.05, 0) is 22.0 Å². The van der Waals surface area contributed by atoms with Crippen LogP contribution in [0.15, 0.2) is 10.5 Å². The van der Waals surface area contributed by atoms with E-state index in [0.717, 1.165) is 16.1 Å². The molecule has 1 aromatic rings. The van der Waals surface area contributed by atoms with Gasteiger partial charge in [0, 0.05) is 21.1 Å². The first-order valence-electron chi connectivity index (χ1n) is 3.32. The molecular formula is C7H12BrN3. The molecule has 0 saturated carbocycles. The molecule has 62 valence electrons. The molecule has 0 radical (unpaired) electrons. The fourth-order valence-electron chi connectivity index (χ4n) is 1.09. The van der Waals surface area contributed by atoms with Crippen LogP contribution in [0.2, 0.25) is 0 Å². The van der Waals surface area contributed by atoms with Gasteiger partial charge in [-0.2, -0.15) is 0 Å². The summed E-state index contributed by atoms with van der Waals surface area (Å²) in [6.07, 6.45) is 0. The van der Waals surface area contributed by atoms with Gasteiger partial charge in [0.05, 0.1) is 4.47 Å². The van der Waals surface area contributed by atoms with E-state index in [-0.39, 0.29) is 0 Å². The molecule has 11 heavy (non-hydrogen) atoms. The Morgan fingerprint density at radius 1 is 1.55 bits per heavy atom. The van der Waals surface area contributed by atoms with E-state index in [1.54, 1.807) is 0 Å². The number of rotatable bonds is 1. The molecule has 0 saturated heterocycles. The zero-order valence-corrected chi connectivity index (χ0v) is 8.51. The van der Waals surface area contributed by atoms with E-state index in [9.17, 15) is 0 Å². The van der Waals surface area contributed by atoms with Crippen LogP contribution in [0.4, 0.5) is 11.6 Å². The van der Waals surface area contributed by atoms with Crippen molar-refractivity contribution in [3.8, 4) is 0 Å². The minimum absolute atomic E-state index is 0.764. The van der Waals surface area contributed by atoms with Crippen molar-refractivity contribution < 1.29 is 0 Å². The van der Waals surface area contributed by atoms with Crippen LogP contribution in [0, 0.1) is 0 Å². The third-order valence-electron chi connectivity index (χ3n) is 1.62. The number of aromatic nitrogens is 1.